The second-order valence-corrected chi connectivity index (χ2v) is 9.62. The summed E-state index contributed by atoms with van der Waals surface area (Å²) in [6, 6.07) is 36.1. The largest absolute Gasteiger partial charge is 0.341 e. The van der Waals surface area contributed by atoms with Gasteiger partial charge >= 0.3 is 0 Å². The molecule has 0 radical (unpaired) electrons. The standard InChI is InChI=1S/C28H27N2P/c1-21-19-22(2)27(23(3)20-21)29-28(24-13-7-4-8-14-24)30-31(25-15-9-5-10-16-25)26-17-11-6-12-18-26/h4-20H,1-3H3,(H,29,30). The molecular weight excluding hydrogens is 395 g/mol. The first-order chi connectivity index (χ1) is 15.1. The zero-order chi connectivity index (χ0) is 21.6. The van der Waals surface area contributed by atoms with E-state index < -0.39 is 8.07 Å². The second-order valence-electron chi connectivity index (χ2n) is 7.69. The van der Waals surface area contributed by atoms with Gasteiger partial charge in [0.05, 0.1) is 13.8 Å². The van der Waals surface area contributed by atoms with E-state index in [2.05, 4.69) is 123 Å². The molecule has 0 aliphatic heterocycles. The molecule has 0 aliphatic carbocycles. The lowest BCUT2D eigenvalue weighted by molar-refractivity contribution is 1.27. The number of nitrogens with zero attached hydrogens (tertiary/aromatic N) is 1. The van der Waals surface area contributed by atoms with Gasteiger partial charge in [0.15, 0.2) is 0 Å². The summed E-state index contributed by atoms with van der Waals surface area (Å²) in [6.45, 7) is 6.41. The topological polar surface area (TPSA) is 24.4 Å². The van der Waals surface area contributed by atoms with Gasteiger partial charge in [-0.2, -0.15) is 0 Å². The Labute approximate surface area is 186 Å². The molecule has 3 heteroatoms. The fourth-order valence-corrected chi connectivity index (χ4v) is 5.64. The lowest BCUT2D eigenvalue weighted by Gasteiger charge is -2.23. The molecule has 0 atom stereocenters. The van der Waals surface area contributed by atoms with Crippen LogP contribution in [0.25, 0.3) is 0 Å². The van der Waals surface area contributed by atoms with Crippen LogP contribution in [0.15, 0.2) is 108 Å². The zero-order valence-electron chi connectivity index (χ0n) is 18.2. The predicted molar refractivity (Wildman–Crippen MR) is 135 cm³/mol. The van der Waals surface area contributed by atoms with Crippen LogP contribution in [0.3, 0.4) is 0 Å². The molecule has 0 fully saturated rings. The molecule has 4 aromatic rings. The predicted octanol–water partition coefficient (Wildman–Crippen LogP) is 6.33. The van der Waals surface area contributed by atoms with Crippen LogP contribution in [-0.2, 0) is 0 Å². The minimum atomic E-state index is -0.816. The van der Waals surface area contributed by atoms with Crippen molar-refractivity contribution in [3.63, 3.8) is 0 Å². The highest BCUT2D eigenvalue weighted by molar-refractivity contribution is 7.71. The number of benzene rings is 4. The SMILES string of the molecule is Cc1cc(C)c(N=C(NP(c2ccccc2)c2ccccc2)c2ccccc2)c(C)c1. The molecule has 1 N–H and O–H groups in total. The third kappa shape index (κ3) is 5.10. The van der Waals surface area contributed by atoms with Crippen LogP contribution in [0.4, 0.5) is 5.69 Å². The van der Waals surface area contributed by atoms with E-state index in [4.69, 9.17) is 4.99 Å². The number of aliphatic imine (C=N–C) groups is 1. The Morgan fingerprint density at radius 2 is 1.10 bits per heavy atom. The molecular formula is C28H27N2P. The van der Waals surface area contributed by atoms with Gasteiger partial charge in [-0.25, -0.2) is 4.99 Å². The first kappa shape index (κ1) is 21.0. The molecule has 0 spiro atoms. The summed E-state index contributed by atoms with van der Waals surface area (Å²) in [6.07, 6.45) is 0. The number of amidine groups is 1. The fraction of sp³-hybridized carbons (Fsp3) is 0.107. The Hall–Kier alpha value is -3.22. The molecule has 2 nitrogen and oxygen atoms in total. The second kappa shape index (κ2) is 9.73. The van der Waals surface area contributed by atoms with E-state index in [1.54, 1.807) is 0 Å². The minimum Gasteiger partial charge on any atom is -0.341 e. The molecule has 4 aromatic carbocycles. The van der Waals surface area contributed by atoms with Crippen molar-refractivity contribution in [1.82, 2.24) is 5.09 Å². The van der Waals surface area contributed by atoms with E-state index in [9.17, 15) is 0 Å². The molecule has 0 aromatic heterocycles. The van der Waals surface area contributed by atoms with Gasteiger partial charge in [0.25, 0.3) is 0 Å². The monoisotopic (exact) mass is 422 g/mol. The van der Waals surface area contributed by atoms with E-state index in [1.165, 1.54) is 27.3 Å². The molecule has 0 saturated heterocycles. The Balaban J connectivity index is 1.84. The van der Waals surface area contributed by atoms with Gasteiger partial charge in [0.1, 0.15) is 5.84 Å². The average molecular weight is 423 g/mol. The van der Waals surface area contributed by atoms with Crippen LogP contribution in [0.2, 0.25) is 0 Å². The maximum absolute atomic E-state index is 5.18. The normalized spacial score (nSPS) is 11.5. The Bertz CT molecular complexity index is 1110. The van der Waals surface area contributed by atoms with Gasteiger partial charge in [-0.05, 0) is 31.9 Å². The summed E-state index contributed by atoms with van der Waals surface area (Å²) in [4.78, 5) is 5.18. The van der Waals surface area contributed by atoms with E-state index in [0.29, 0.717) is 0 Å². The number of nitrogens with one attached hydrogen (secondary N) is 1. The lowest BCUT2D eigenvalue weighted by atomic mass is 10.1. The molecule has 0 amide bonds. The molecule has 0 bridgehead atoms. The first-order valence-electron chi connectivity index (χ1n) is 10.5. The number of hydrogen-bond donors (Lipinski definition) is 1. The number of aryl methyl sites for hydroxylation is 3. The number of hydrogen-bond acceptors (Lipinski definition) is 1. The van der Waals surface area contributed by atoms with Crippen LogP contribution in [0.1, 0.15) is 22.3 Å². The average Bonchev–Trinajstić information content (AvgIpc) is 2.80. The molecule has 4 rings (SSSR count). The maximum atomic E-state index is 5.18. The van der Waals surface area contributed by atoms with Gasteiger partial charge in [-0.15, -0.1) is 0 Å². The van der Waals surface area contributed by atoms with Crippen LogP contribution >= 0.6 is 8.07 Å². The van der Waals surface area contributed by atoms with Crippen molar-refractivity contribution in [2.75, 3.05) is 0 Å². The van der Waals surface area contributed by atoms with Crippen molar-refractivity contribution in [3.05, 3.63) is 125 Å². The van der Waals surface area contributed by atoms with E-state index in [1.807, 2.05) is 6.07 Å². The Morgan fingerprint density at radius 3 is 1.58 bits per heavy atom. The smallest absolute Gasteiger partial charge is 0.137 e. The van der Waals surface area contributed by atoms with Gasteiger partial charge in [-0.3, -0.25) is 0 Å². The summed E-state index contributed by atoms with van der Waals surface area (Å²) in [5.74, 6) is 0.898. The molecule has 31 heavy (non-hydrogen) atoms. The minimum absolute atomic E-state index is 0.816. The van der Waals surface area contributed by atoms with Crippen molar-refractivity contribution >= 4 is 30.2 Å². The summed E-state index contributed by atoms with van der Waals surface area (Å²) < 4.78 is 0. The Kier molecular flexibility index (Phi) is 6.60. The molecule has 0 unspecified atom stereocenters. The van der Waals surface area contributed by atoms with Crippen molar-refractivity contribution < 1.29 is 0 Å². The van der Waals surface area contributed by atoms with Crippen molar-refractivity contribution in [2.45, 2.75) is 20.8 Å². The van der Waals surface area contributed by atoms with Gasteiger partial charge in [0, 0.05) is 16.2 Å². The molecule has 0 heterocycles. The van der Waals surface area contributed by atoms with Gasteiger partial charge in [0.2, 0.25) is 0 Å². The molecule has 0 saturated carbocycles. The molecule has 0 aliphatic rings. The quantitative estimate of drug-likeness (QED) is 0.227. The van der Waals surface area contributed by atoms with Crippen molar-refractivity contribution in [2.24, 2.45) is 4.99 Å². The van der Waals surface area contributed by atoms with Crippen LogP contribution in [0.5, 0.6) is 0 Å². The van der Waals surface area contributed by atoms with Gasteiger partial charge < -0.3 is 5.09 Å². The third-order valence-electron chi connectivity index (χ3n) is 5.15. The third-order valence-corrected chi connectivity index (χ3v) is 7.22. The van der Waals surface area contributed by atoms with Crippen LogP contribution < -0.4 is 15.7 Å². The summed E-state index contributed by atoms with van der Waals surface area (Å²) >= 11 is 0. The fourth-order valence-electron chi connectivity index (χ4n) is 3.75. The van der Waals surface area contributed by atoms with Crippen molar-refractivity contribution in [1.29, 1.82) is 0 Å². The maximum Gasteiger partial charge on any atom is 0.137 e. The lowest BCUT2D eigenvalue weighted by Crippen LogP contribution is -2.29. The summed E-state index contributed by atoms with van der Waals surface area (Å²) in [5.41, 5.74) is 5.77. The van der Waals surface area contributed by atoms with E-state index in [0.717, 1.165) is 17.1 Å². The van der Waals surface area contributed by atoms with Crippen LogP contribution in [-0.4, -0.2) is 5.84 Å². The first-order valence-corrected chi connectivity index (χ1v) is 11.8. The van der Waals surface area contributed by atoms with Crippen molar-refractivity contribution in [3.8, 4) is 0 Å². The van der Waals surface area contributed by atoms with E-state index in [-0.39, 0.29) is 0 Å². The van der Waals surface area contributed by atoms with E-state index >= 15 is 0 Å². The highest BCUT2D eigenvalue weighted by Gasteiger charge is 2.17. The molecule has 154 valence electrons. The van der Waals surface area contributed by atoms with Crippen LogP contribution in [0, 0.1) is 20.8 Å². The Morgan fingerprint density at radius 1 is 0.645 bits per heavy atom. The zero-order valence-corrected chi connectivity index (χ0v) is 19.1. The summed E-state index contributed by atoms with van der Waals surface area (Å²) in [5, 5.41) is 6.37. The van der Waals surface area contributed by atoms with Gasteiger partial charge in [-0.1, -0.05) is 109 Å². The highest BCUT2D eigenvalue weighted by Crippen LogP contribution is 2.31. The number of rotatable bonds is 5. The highest BCUT2D eigenvalue weighted by atomic mass is 31.1. The summed E-state index contributed by atoms with van der Waals surface area (Å²) in [7, 11) is -0.816.